The lowest BCUT2D eigenvalue weighted by atomic mass is 9.81. The van der Waals surface area contributed by atoms with Gasteiger partial charge in [0, 0.05) is 21.5 Å². The molecule has 0 aliphatic heterocycles. The molecule has 0 atom stereocenters. The van der Waals surface area contributed by atoms with E-state index >= 15 is 0 Å². The number of rotatable bonds is 4. The van der Waals surface area contributed by atoms with E-state index < -0.39 is 0 Å². The Morgan fingerprint density at radius 1 is 0.250 bits per heavy atom. The lowest BCUT2D eigenvalue weighted by Crippen LogP contribution is -1.95. The molecule has 2 heterocycles. The number of para-hydroxylation sites is 1. The summed E-state index contributed by atoms with van der Waals surface area (Å²) in [6.07, 6.45) is 0. The average Bonchev–Trinajstić information content (AvgIpc) is 3.78. The van der Waals surface area contributed by atoms with Crippen LogP contribution in [0.4, 0.5) is 0 Å². The normalized spacial score (nSPS) is 11.8. The summed E-state index contributed by atoms with van der Waals surface area (Å²) < 4.78 is 12.9. The third kappa shape index (κ3) is 4.25. The lowest BCUT2D eigenvalue weighted by Gasteiger charge is -2.22. The van der Waals surface area contributed by atoms with Gasteiger partial charge >= 0.3 is 0 Å². The Bertz CT molecular complexity index is 3050. The van der Waals surface area contributed by atoms with Crippen LogP contribution in [0.3, 0.4) is 0 Å². The van der Waals surface area contributed by atoms with Crippen molar-refractivity contribution in [3.05, 3.63) is 182 Å². The Morgan fingerprint density at radius 3 is 1.29 bits per heavy atom. The van der Waals surface area contributed by atoms with Gasteiger partial charge in [-0.25, -0.2) is 0 Å². The molecule has 11 rings (SSSR count). The van der Waals surface area contributed by atoms with Crippen LogP contribution in [0.15, 0.2) is 191 Å². The quantitative estimate of drug-likeness (QED) is 0.175. The molecule has 0 aliphatic carbocycles. The van der Waals surface area contributed by atoms with Crippen LogP contribution < -0.4 is 0 Å². The minimum absolute atomic E-state index is 0.863. The second-order valence-electron chi connectivity index (χ2n) is 13.5. The fourth-order valence-electron chi connectivity index (χ4n) is 8.48. The second-order valence-corrected chi connectivity index (χ2v) is 13.5. The third-order valence-electron chi connectivity index (χ3n) is 10.7. The largest absolute Gasteiger partial charge is 0.456 e. The summed E-state index contributed by atoms with van der Waals surface area (Å²) >= 11 is 0. The van der Waals surface area contributed by atoms with E-state index in [0.717, 1.165) is 49.4 Å². The molecule has 0 unspecified atom stereocenters. The first-order valence-corrected chi connectivity index (χ1v) is 17.8. The molecule has 9 aromatic carbocycles. The highest BCUT2D eigenvalue weighted by atomic mass is 16.3. The number of benzene rings is 9. The van der Waals surface area contributed by atoms with Gasteiger partial charge in [-0.1, -0.05) is 152 Å². The standard InChI is InChI=1S/C50H30O2/c1-3-14-31(15-4-1)34-23-13-24-35(32-16-5-2-6-17-32)47(34)48-38-20-9-7-18-36(38)46(37-19-8-10-21-39(37)48)33-26-27-41-45(30-33)52-44-29-28-43-49(50(41)44)40-22-11-12-25-42(40)51-43/h1-30H. The Morgan fingerprint density at radius 2 is 0.712 bits per heavy atom. The van der Waals surface area contributed by atoms with E-state index in [-0.39, 0.29) is 0 Å². The van der Waals surface area contributed by atoms with E-state index in [1.807, 2.05) is 24.3 Å². The first kappa shape index (κ1) is 28.9. The highest BCUT2D eigenvalue weighted by Crippen LogP contribution is 2.50. The maximum Gasteiger partial charge on any atom is 0.136 e. The van der Waals surface area contributed by atoms with Crippen molar-refractivity contribution in [2.45, 2.75) is 0 Å². The second kappa shape index (κ2) is 11.3. The maximum atomic E-state index is 6.65. The predicted octanol–water partition coefficient (Wildman–Crippen LogP) is 14.5. The summed E-state index contributed by atoms with van der Waals surface area (Å²) in [5.41, 5.74) is 13.1. The van der Waals surface area contributed by atoms with E-state index in [2.05, 4.69) is 158 Å². The maximum absolute atomic E-state index is 6.65. The molecular weight excluding hydrogens is 633 g/mol. The summed E-state index contributed by atoms with van der Waals surface area (Å²) in [7, 11) is 0. The van der Waals surface area contributed by atoms with E-state index in [4.69, 9.17) is 8.83 Å². The van der Waals surface area contributed by atoms with E-state index in [0.29, 0.717) is 0 Å². The van der Waals surface area contributed by atoms with Crippen molar-refractivity contribution in [1.29, 1.82) is 0 Å². The molecule has 0 saturated carbocycles. The van der Waals surface area contributed by atoms with Crippen molar-refractivity contribution in [1.82, 2.24) is 0 Å². The first-order chi connectivity index (χ1) is 25.8. The summed E-state index contributed by atoms with van der Waals surface area (Å²) in [6.45, 7) is 0. The molecule has 0 bridgehead atoms. The van der Waals surface area contributed by atoms with Crippen LogP contribution in [0.5, 0.6) is 0 Å². The van der Waals surface area contributed by atoms with Gasteiger partial charge in [-0.15, -0.1) is 0 Å². The topological polar surface area (TPSA) is 26.3 Å². The molecule has 242 valence electrons. The van der Waals surface area contributed by atoms with Gasteiger partial charge in [-0.3, -0.25) is 0 Å². The minimum atomic E-state index is 0.863. The van der Waals surface area contributed by atoms with Crippen molar-refractivity contribution in [3.8, 4) is 44.5 Å². The molecule has 0 saturated heterocycles. The van der Waals surface area contributed by atoms with Gasteiger partial charge in [-0.2, -0.15) is 0 Å². The van der Waals surface area contributed by atoms with Gasteiger partial charge < -0.3 is 8.83 Å². The molecule has 0 fully saturated rings. The molecule has 2 heteroatoms. The average molecular weight is 663 g/mol. The molecule has 0 spiro atoms. The SMILES string of the molecule is c1ccc(-c2cccc(-c3ccccc3)c2-c2c3ccccc3c(-c3ccc4c(c3)oc3ccc5oc6ccccc6c5c34)c3ccccc23)cc1. The third-order valence-corrected chi connectivity index (χ3v) is 10.7. The molecular formula is C50H30O2. The van der Waals surface area contributed by atoms with Crippen LogP contribution in [-0.2, 0) is 0 Å². The predicted molar refractivity (Wildman–Crippen MR) is 218 cm³/mol. The number of hydrogen-bond acceptors (Lipinski definition) is 2. The van der Waals surface area contributed by atoms with Crippen molar-refractivity contribution < 1.29 is 8.83 Å². The van der Waals surface area contributed by atoms with Gasteiger partial charge in [0.15, 0.2) is 0 Å². The molecule has 0 amide bonds. The minimum Gasteiger partial charge on any atom is -0.456 e. The molecule has 0 N–H and O–H groups in total. The van der Waals surface area contributed by atoms with Gasteiger partial charge in [0.25, 0.3) is 0 Å². The zero-order valence-corrected chi connectivity index (χ0v) is 28.1. The zero-order chi connectivity index (χ0) is 34.2. The van der Waals surface area contributed by atoms with Gasteiger partial charge in [-0.05, 0) is 96.4 Å². The van der Waals surface area contributed by atoms with E-state index in [9.17, 15) is 0 Å². The summed E-state index contributed by atoms with van der Waals surface area (Å²) in [4.78, 5) is 0. The van der Waals surface area contributed by atoms with Crippen LogP contribution >= 0.6 is 0 Å². The van der Waals surface area contributed by atoms with Crippen molar-refractivity contribution >= 4 is 65.4 Å². The Kier molecular flexibility index (Phi) is 6.28. The number of hydrogen-bond donors (Lipinski definition) is 0. The Hall–Kier alpha value is -6.90. The molecule has 0 radical (unpaired) electrons. The Balaban J connectivity index is 1.22. The van der Waals surface area contributed by atoms with Gasteiger partial charge in [0.05, 0.1) is 0 Å². The molecule has 2 aromatic heterocycles. The van der Waals surface area contributed by atoms with E-state index in [1.54, 1.807) is 0 Å². The fraction of sp³-hybridized carbons (Fsp3) is 0. The lowest BCUT2D eigenvalue weighted by molar-refractivity contribution is 0.663. The van der Waals surface area contributed by atoms with Crippen molar-refractivity contribution in [2.24, 2.45) is 0 Å². The van der Waals surface area contributed by atoms with Crippen molar-refractivity contribution in [3.63, 3.8) is 0 Å². The van der Waals surface area contributed by atoms with Gasteiger partial charge in [0.1, 0.15) is 22.3 Å². The van der Waals surface area contributed by atoms with Crippen LogP contribution in [0.25, 0.3) is 110 Å². The first-order valence-electron chi connectivity index (χ1n) is 17.8. The van der Waals surface area contributed by atoms with Crippen LogP contribution in [0.1, 0.15) is 0 Å². The molecule has 2 nitrogen and oxygen atoms in total. The highest BCUT2D eigenvalue weighted by Gasteiger charge is 2.23. The van der Waals surface area contributed by atoms with E-state index in [1.165, 1.54) is 60.5 Å². The Labute approximate surface area is 299 Å². The molecule has 0 aliphatic rings. The molecule has 11 aromatic rings. The zero-order valence-electron chi connectivity index (χ0n) is 28.1. The molecule has 52 heavy (non-hydrogen) atoms. The summed E-state index contributed by atoms with van der Waals surface area (Å²) in [6, 6.07) is 65.1. The number of furan rings is 2. The van der Waals surface area contributed by atoms with Gasteiger partial charge in [0.2, 0.25) is 0 Å². The van der Waals surface area contributed by atoms with Crippen LogP contribution in [0, 0.1) is 0 Å². The smallest absolute Gasteiger partial charge is 0.136 e. The highest BCUT2D eigenvalue weighted by molar-refractivity contribution is 6.27. The summed E-state index contributed by atoms with van der Waals surface area (Å²) in [5.74, 6) is 0. The van der Waals surface area contributed by atoms with Crippen LogP contribution in [-0.4, -0.2) is 0 Å². The van der Waals surface area contributed by atoms with Crippen molar-refractivity contribution in [2.75, 3.05) is 0 Å². The fourth-order valence-corrected chi connectivity index (χ4v) is 8.48. The van der Waals surface area contributed by atoms with Crippen LogP contribution in [0.2, 0.25) is 0 Å². The number of fused-ring (bicyclic) bond motifs is 9. The summed E-state index contributed by atoms with van der Waals surface area (Å²) in [5, 5.41) is 9.24. The monoisotopic (exact) mass is 662 g/mol.